The summed E-state index contributed by atoms with van der Waals surface area (Å²) in [5, 5.41) is 1.13. The van der Waals surface area contributed by atoms with Crippen LogP contribution in [0.1, 0.15) is 48.0 Å². The molecule has 0 atom stereocenters. The Morgan fingerprint density at radius 1 is 0.773 bits per heavy atom. The maximum atomic E-state index is 12.6. The fraction of sp³-hybridized carbons (Fsp3) is 0.529. The largest absolute Gasteiger partial charge is 0.444 e. The normalized spacial score (nSPS) is 18.5. The summed E-state index contributed by atoms with van der Waals surface area (Å²) in [6, 6.07) is 14.6. The highest BCUT2D eigenvalue weighted by molar-refractivity contribution is 5.94. The summed E-state index contributed by atoms with van der Waals surface area (Å²) in [7, 11) is 0. The number of hydrogen-bond donors (Lipinski definition) is 0. The predicted octanol–water partition coefficient (Wildman–Crippen LogP) is 5.80. The smallest absolute Gasteiger partial charge is 0.410 e. The molecule has 2 aromatic heterocycles. The number of ether oxygens (including phenoxy) is 2. The molecule has 10 nitrogen and oxygen atoms in total. The fourth-order valence-electron chi connectivity index (χ4n) is 6.35. The third-order valence-corrected chi connectivity index (χ3v) is 8.48. The van der Waals surface area contributed by atoms with E-state index in [-0.39, 0.29) is 17.6 Å². The molecule has 3 aliphatic rings. The lowest BCUT2D eigenvalue weighted by atomic mass is 9.79. The highest BCUT2D eigenvalue weighted by Crippen LogP contribution is 2.43. The number of fused-ring (bicyclic) bond motifs is 1. The number of likely N-dealkylation sites (tertiary alicyclic amines) is 1. The topological polar surface area (TPSA) is 91.3 Å². The van der Waals surface area contributed by atoms with Crippen LogP contribution < -0.4 is 9.80 Å². The quantitative estimate of drug-likeness (QED) is 0.373. The van der Waals surface area contributed by atoms with E-state index in [1.807, 2.05) is 64.8 Å². The molecule has 3 saturated heterocycles. The molecule has 1 aromatic carbocycles. The summed E-state index contributed by atoms with van der Waals surface area (Å²) in [4.78, 5) is 43.1. The van der Waals surface area contributed by atoms with E-state index in [2.05, 4.69) is 40.1 Å². The third-order valence-electron chi connectivity index (χ3n) is 8.48. The Balaban J connectivity index is 1.15. The molecule has 5 heterocycles. The number of para-hydroxylation sites is 1. The minimum absolute atomic E-state index is 0.0954. The number of carbonyl (C=O) groups excluding carboxylic acids is 2. The SMILES string of the molecule is CC(C)(C)OC(=O)N1CCN(c2ccc(-c3cc(N4CCC5(CN(C(=O)OC(C)(C)C)C5)C4)c4ccccc4n3)cn2)CC1. The molecule has 1 spiro atoms. The molecule has 3 aromatic rings. The molecule has 3 fully saturated rings. The molecular formula is C34H44N6O4. The Hall–Kier alpha value is -4.08. The van der Waals surface area contributed by atoms with Gasteiger partial charge >= 0.3 is 12.2 Å². The highest BCUT2D eigenvalue weighted by atomic mass is 16.6. The zero-order chi connectivity index (χ0) is 31.3. The number of hydrogen-bond acceptors (Lipinski definition) is 8. The van der Waals surface area contributed by atoms with Crippen LogP contribution in [-0.2, 0) is 9.47 Å². The van der Waals surface area contributed by atoms with Crippen molar-refractivity contribution in [1.82, 2.24) is 19.8 Å². The van der Waals surface area contributed by atoms with Crippen LogP contribution in [-0.4, -0.2) is 95.5 Å². The molecule has 2 amide bonds. The van der Waals surface area contributed by atoms with Gasteiger partial charge in [0.1, 0.15) is 17.0 Å². The molecular weight excluding hydrogens is 556 g/mol. The Kier molecular flexibility index (Phi) is 7.58. The van der Waals surface area contributed by atoms with Gasteiger partial charge in [-0.05, 0) is 72.2 Å². The van der Waals surface area contributed by atoms with Crippen LogP contribution in [0.3, 0.4) is 0 Å². The van der Waals surface area contributed by atoms with Gasteiger partial charge in [0.05, 0.1) is 11.2 Å². The number of amides is 2. The Bertz CT molecular complexity index is 1530. The molecule has 0 aliphatic carbocycles. The first-order valence-corrected chi connectivity index (χ1v) is 15.6. The van der Waals surface area contributed by atoms with Gasteiger partial charge in [-0.1, -0.05) is 18.2 Å². The van der Waals surface area contributed by atoms with Crippen molar-refractivity contribution in [2.75, 3.05) is 62.2 Å². The second kappa shape index (κ2) is 11.1. The number of aromatic nitrogens is 2. The summed E-state index contributed by atoms with van der Waals surface area (Å²) in [5.74, 6) is 0.889. The van der Waals surface area contributed by atoms with E-state index in [4.69, 9.17) is 19.4 Å². The fourth-order valence-corrected chi connectivity index (χ4v) is 6.35. The van der Waals surface area contributed by atoms with E-state index in [1.54, 1.807) is 4.90 Å². The molecule has 10 heteroatoms. The van der Waals surface area contributed by atoms with E-state index in [0.717, 1.165) is 60.6 Å². The van der Waals surface area contributed by atoms with Gasteiger partial charge < -0.3 is 29.1 Å². The van der Waals surface area contributed by atoms with E-state index in [9.17, 15) is 9.59 Å². The van der Waals surface area contributed by atoms with Crippen molar-refractivity contribution in [1.29, 1.82) is 0 Å². The number of pyridine rings is 2. The zero-order valence-corrected chi connectivity index (χ0v) is 26.8. The maximum absolute atomic E-state index is 12.6. The third kappa shape index (κ3) is 6.39. The summed E-state index contributed by atoms with van der Waals surface area (Å²) in [6.45, 7) is 17.3. The Morgan fingerprint density at radius 3 is 2.07 bits per heavy atom. The Labute approximate surface area is 259 Å². The van der Waals surface area contributed by atoms with E-state index < -0.39 is 11.2 Å². The van der Waals surface area contributed by atoms with Gasteiger partial charge in [0, 0.05) is 80.6 Å². The molecule has 0 unspecified atom stereocenters. The lowest BCUT2D eigenvalue weighted by molar-refractivity contribution is -0.0266. The number of nitrogens with zero attached hydrogens (tertiary/aromatic N) is 6. The lowest BCUT2D eigenvalue weighted by Gasteiger charge is -2.47. The van der Waals surface area contributed by atoms with Gasteiger partial charge in [-0.15, -0.1) is 0 Å². The van der Waals surface area contributed by atoms with Crippen LogP contribution in [0.15, 0.2) is 48.7 Å². The van der Waals surface area contributed by atoms with Crippen LogP contribution in [0.5, 0.6) is 0 Å². The minimum Gasteiger partial charge on any atom is -0.444 e. The molecule has 6 rings (SSSR count). The van der Waals surface area contributed by atoms with Crippen molar-refractivity contribution < 1.29 is 19.1 Å². The van der Waals surface area contributed by atoms with Crippen molar-refractivity contribution >= 4 is 34.6 Å². The van der Waals surface area contributed by atoms with Crippen LogP contribution in [0, 0.1) is 5.41 Å². The zero-order valence-electron chi connectivity index (χ0n) is 26.8. The summed E-state index contributed by atoms with van der Waals surface area (Å²) >= 11 is 0. The number of rotatable bonds is 3. The van der Waals surface area contributed by atoms with E-state index >= 15 is 0 Å². The van der Waals surface area contributed by atoms with Gasteiger partial charge in [0.25, 0.3) is 0 Å². The molecule has 3 aliphatic heterocycles. The number of benzene rings is 1. The predicted molar refractivity (Wildman–Crippen MR) is 172 cm³/mol. The number of piperazine rings is 1. The van der Waals surface area contributed by atoms with Gasteiger partial charge in [-0.2, -0.15) is 0 Å². The average Bonchev–Trinajstić information content (AvgIpc) is 3.40. The van der Waals surface area contributed by atoms with Gasteiger partial charge in [0.2, 0.25) is 0 Å². The van der Waals surface area contributed by atoms with Crippen molar-refractivity contribution in [3.8, 4) is 11.3 Å². The molecule has 234 valence electrons. The van der Waals surface area contributed by atoms with E-state index in [1.165, 1.54) is 5.69 Å². The molecule has 0 saturated carbocycles. The van der Waals surface area contributed by atoms with Crippen molar-refractivity contribution in [2.45, 2.75) is 59.2 Å². The molecule has 44 heavy (non-hydrogen) atoms. The van der Waals surface area contributed by atoms with Gasteiger partial charge in [-0.25, -0.2) is 19.6 Å². The van der Waals surface area contributed by atoms with Crippen molar-refractivity contribution in [2.24, 2.45) is 5.41 Å². The van der Waals surface area contributed by atoms with E-state index in [0.29, 0.717) is 26.2 Å². The first-order valence-electron chi connectivity index (χ1n) is 15.6. The standard InChI is InChI=1S/C34H44N6O4/c1-32(2,3)43-30(41)38-17-15-37(16-18-38)29-12-11-24(20-35-29)27-19-28(25-9-7-8-10-26(25)36-27)39-14-13-34(21-39)22-40(23-34)31(42)44-33(4,5)6/h7-12,19-20H,13-18,21-23H2,1-6H3. The summed E-state index contributed by atoms with van der Waals surface area (Å²) in [5.41, 5.74) is 3.07. The second-order valence-corrected chi connectivity index (χ2v) is 14.4. The first kappa shape index (κ1) is 30.0. The van der Waals surface area contributed by atoms with Crippen LogP contribution >= 0.6 is 0 Å². The van der Waals surface area contributed by atoms with Crippen LogP contribution in [0.2, 0.25) is 0 Å². The minimum atomic E-state index is -0.501. The van der Waals surface area contributed by atoms with Crippen LogP contribution in [0.4, 0.5) is 21.1 Å². The number of anilines is 2. The average molecular weight is 601 g/mol. The summed E-state index contributed by atoms with van der Waals surface area (Å²) in [6.07, 6.45) is 2.45. The van der Waals surface area contributed by atoms with Gasteiger partial charge in [-0.3, -0.25) is 0 Å². The first-order chi connectivity index (χ1) is 20.8. The second-order valence-electron chi connectivity index (χ2n) is 14.4. The monoisotopic (exact) mass is 600 g/mol. The lowest BCUT2D eigenvalue weighted by Crippen LogP contribution is -2.60. The molecule has 0 bridgehead atoms. The summed E-state index contributed by atoms with van der Waals surface area (Å²) < 4.78 is 11.1. The molecule has 0 N–H and O–H groups in total. The maximum Gasteiger partial charge on any atom is 0.410 e. The number of carbonyl (C=O) groups is 2. The molecule has 0 radical (unpaired) electrons. The van der Waals surface area contributed by atoms with Gasteiger partial charge in [0.15, 0.2) is 0 Å². The van der Waals surface area contributed by atoms with Crippen molar-refractivity contribution in [3.05, 3.63) is 48.7 Å². The van der Waals surface area contributed by atoms with Crippen molar-refractivity contribution in [3.63, 3.8) is 0 Å². The van der Waals surface area contributed by atoms with Crippen LogP contribution in [0.25, 0.3) is 22.2 Å². The Morgan fingerprint density at radius 2 is 1.43 bits per heavy atom. The highest BCUT2D eigenvalue weighted by Gasteiger charge is 2.50.